The molecule has 5 nitrogen and oxygen atoms in total. The Morgan fingerprint density at radius 1 is 1.18 bits per heavy atom. The highest BCUT2D eigenvalue weighted by molar-refractivity contribution is 5.94. The van der Waals surface area contributed by atoms with Crippen LogP contribution in [-0.2, 0) is 6.42 Å². The third kappa shape index (κ3) is 3.91. The summed E-state index contributed by atoms with van der Waals surface area (Å²) in [5.74, 6) is -0.0815. The lowest BCUT2D eigenvalue weighted by atomic mass is 10.1. The van der Waals surface area contributed by atoms with Crippen LogP contribution in [0.4, 0.5) is 4.39 Å². The van der Waals surface area contributed by atoms with Crippen molar-refractivity contribution in [2.75, 3.05) is 13.2 Å². The monoisotopic (exact) mass is 379 g/mol. The van der Waals surface area contributed by atoms with Gasteiger partial charge in [-0.05, 0) is 43.2 Å². The van der Waals surface area contributed by atoms with Gasteiger partial charge in [-0.15, -0.1) is 0 Å². The third-order valence-corrected chi connectivity index (χ3v) is 4.99. The molecule has 0 spiro atoms. The maximum Gasteiger partial charge on any atom is 0.254 e. The second-order valence-electron chi connectivity index (χ2n) is 6.87. The van der Waals surface area contributed by atoms with Gasteiger partial charge in [0.15, 0.2) is 11.6 Å². The number of ether oxygens (including phenoxy) is 1. The first-order valence-electron chi connectivity index (χ1n) is 9.50. The van der Waals surface area contributed by atoms with Gasteiger partial charge in [-0.25, -0.2) is 4.39 Å². The highest BCUT2D eigenvalue weighted by Crippen LogP contribution is 2.32. The summed E-state index contributed by atoms with van der Waals surface area (Å²) in [6.07, 6.45) is 2.44. The zero-order valence-electron chi connectivity index (χ0n) is 15.5. The number of likely N-dealkylation sites (tertiary alicyclic amines) is 1. The molecule has 2 heterocycles. The molecule has 1 fully saturated rings. The highest BCUT2D eigenvalue weighted by Gasteiger charge is 2.32. The summed E-state index contributed by atoms with van der Waals surface area (Å²) in [4.78, 5) is 14.7. The van der Waals surface area contributed by atoms with Crippen LogP contribution in [0.5, 0.6) is 5.75 Å². The third-order valence-electron chi connectivity index (χ3n) is 4.99. The van der Waals surface area contributed by atoms with E-state index in [0.717, 1.165) is 30.8 Å². The van der Waals surface area contributed by atoms with E-state index in [1.807, 2.05) is 41.3 Å². The normalized spacial score (nSPS) is 16.3. The molecular weight excluding hydrogens is 357 g/mol. The van der Waals surface area contributed by atoms with E-state index in [1.165, 1.54) is 6.07 Å². The Kier molecular flexibility index (Phi) is 5.37. The van der Waals surface area contributed by atoms with E-state index < -0.39 is 0 Å². The van der Waals surface area contributed by atoms with Crippen LogP contribution in [0, 0.1) is 5.82 Å². The SMILES string of the molecule is O=C(c1ccccc1)N1CCC[C@@H]1c1cc(CCOc2ccccc2F)[nH]n1. The molecule has 1 saturated heterocycles. The first kappa shape index (κ1) is 18.2. The Labute approximate surface area is 163 Å². The van der Waals surface area contributed by atoms with Gasteiger partial charge in [0.05, 0.1) is 18.3 Å². The summed E-state index contributed by atoms with van der Waals surface area (Å²) in [5.41, 5.74) is 2.47. The number of nitrogens with one attached hydrogen (secondary N) is 1. The number of hydrogen-bond donors (Lipinski definition) is 1. The molecule has 1 aliphatic rings. The molecular formula is C22H22FN3O2. The number of aromatic amines is 1. The lowest BCUT2D eigenvalue weighted by Gasteiger charge is -2.23. The fourth-order valence-electron chi connectivity index (χ4n) is 3.57. The van der Waals surface area contributed by atoms with Crippen LogP contribution in [0.15, 0.2) is 60.7 Å². The van der Waals surface area contributed by atoms with Gasteiger partial charge in [-0.1, -0.05) is 30.3 Å². The number of benzene rings is 2. The largest absolute Gasteiger partial charge is 0.490 e. The van der Waals surface area contributed by atoms with E-state index in [0.29, 0.717) is 18.6 Å². The van der Waals surface area contributed by atoms with Crippen LogP contribution in [-0.4, -0.2) is 34.2 Å². The summed E-state index contributed by atoms with van der Waals surface area (Å²) in [5, 5.41) is 7.44. The van der Waals surface area contributed by atoms with Crippen LogP contribution >= 0.6 is 0 Å². The van der Waals surface area contributed by atoms with E-state index in [-0.39, 0.29) is 23.5 Å². The second kappa shape index (κ2) is 8.25. The number of carbonyl (C=O) groups is 1. The minimum atomic E-state index is -0.367. The molecule has 0 saturated carbocycles. The van der Waals surface area contributed by atoms with Crippen LogP contribution in [0.1, 0.15) is 40.6 Å². The molecule has 1 N–H and O–H groups in total. The topological polar surface area (TPSA) is 58.2 Å². The summed E-state index contributed by atoms with van der Waals surface area (Å²) in [6, 6.07) is 17.7. The van der Waals surface area contributed by atoms with Crippen molar-refractivity contribution in [1.82, 2.24) is 15.1 Å². The van der Waals surface area contributed by atoms with Crippen molar-refractivity contribution in [3.8, 4) is 5.75 Å². The quantitative estimate of drug-likeness (QED) is 0.700. The number of carbonyl (C=O) groups excluding carboxylic acids is 1. The number of para-hydroxylation sites is 1. The molecule has 1 aromatic heterocycles. The van der Waals surface area contributed by atoms with E-state index in [2.05, 4.69) is 10.2 Å². The number of aromatic nitrogens is 2. The molecule has 144 valence electrons. The average Bonchev–Trinajstić information content (AvgIpc) is 3.39. The average molecular weight is 379 g/mol. The van der Waals surface area contributed by atoms with Gasteiger partial charge in [0.1, 0.15) is 0 Å². The van der Waals surface area contributed by atoms with Crippen LogP contribution in [0.3, 0.4) is 0 Å². The van der Waals surface area contributed by atoms with Gasteiger partial charge in [0.25, 0.3) is 5.91 Å². The molecule has 1 amide bonds. The molecule has 0 radical (unpaired) electrons. The molecule has 0 bridgehead atoms. The van der Waals surface area contributed by atoms with E-state index in [1.54, 1.807) is 18.2 Å². The fraction of sp³-hybridized carbons (Fsp3) is 0.273. The highest BCUT2D eigenvalue weighted by atomic mass is 19.1. The van der Waals surface area contributed by atoms with Crippen LogP contribution in [0.25, 0.3) is 0 Å². The predicted molar refractivity (Wildman–Crippen MR) is 104 cm³/mol. The molecule has 4 rings (SSSR count). The molecule has 1 aliphatic heterocycles. The molecule has 3 aromatic rings. The van der Waals surface area contributed by atoms with Crippen LogP contribution < -0.4 is 4.74 Å². The van der Waals surface area contributed by atoms with E-state index >= 15 is 0 Å². The fourth-order valence-corrected chi connectivity index (χ4v) is 3.57. The maximum atomic E-state index is 13.6. The van der Waals surface area contributed by atoms with Gasteiger partial charge >= 0.3 is 0 Å². The Morgan fingerprint density at radius 2 is 1.96 bits per heavy atom. The van der Waals surface area contributed by atoms with Gasteiger partial charge in [0.2, 0.25) is 0 Å². The van der Waals surface area contributed by atoms with Crippen molar-refractivity contribution in [3.05, 3.63) is 83.4 Å². The lowest BCUT2D eigenvalue weighted by molar-refractivity contribution is 0.0733. The smallest absolute Gasteiger partial charge is 0.254 e. The van der Waals surface area contributed by atoms with Crippen LogP contribution in [0.2, 0.25) is 0 Å². The van der Waals surface area contributed by atoms with Gasteiger partial charge in [-0.3, -0.25) is 9.89 Å². The zero-order valence-corrected chi connectivity index (χ0v) is 15.5. The van der Waals surface area contributed by atoms with Crippen molar-refractivity contribution in [3.63, 3.8) is 0 Å². The molecule has 28 heavy (non-hydrogen) atoms. The minimum Gasteiger partial charge on any atom is -0.490 e. The number of nitrogens with zero attached hydrogens (tertiary/aromatic N) is 2. The number of hydrogen-bond acceptors (Lipinski definition) is 3. The standard InChI is InChI=1S/C22H22FN3O2/c23-18-9-4-5-11-21(18)28-14-12-17-15-19(25-24-17)20-10-6-13-26(20)22(27)16-7-2-1-3-8-16/h1-5,7-9,11,15,20H,6,10,12-14H2,(H,24,25)/t20-/m1/s1. The van der Waals surface area contributed by atoms with Crippen molar-refractivity contribution >= 4 is 5.91 Å². The number of H-pyrrole nitrogens is 1. The Morgan fingerprint density at radius 3 is 2.79 bits per heavy atom. The summed E-state index contributed by atoms with van der Waals surface area (Å²) >= 11 is 0. The number of halogens is 1. The predicted octanol–water partition coefficient (Wildman–Crippen LogP) is 4.15. The number of amides is 1. The van der Waals surface area contributed by atoms with E-state index in [4.69, 9.17) is 4.74 Å². The Hall–Kier alpha value is -3.15. The first-order valence-corrected chi connectivity index (χ1v) is 9.50. The van der Waals surface area contributed by atoms with Crippen molar-refractivity contribution in [1.29, 1.82) is 0 Å². The second-order valence-corrected chi connectivity index (χ2v) is 6.87. The molecule has 0 unspecified atom stereocenters. The summed E-state index contributed by atoms with van der Waals surface area (Å²) < 4.78 is 19.1. The molecule has 6 heteroatoms. The minimum absolute atomic E-state index is 0.0230. The Bertz CT molecular complexity index is 942. The van der Waals surface area contributed by atoms with Crippen molar-refractivity contribution < 1.29 is 13.9 Å². The molecule has 2 aromatic carbocycles. The van der Waals surface area contributed by atoms with E-state index in [9.17, 15) is 9.18 Å². The van der Waals surface area contributed by atoms with Gasteiger partial charge < -0.3 is 9.64 Å². The Balaban J connectivity index is 1.39. The molecule has 0 aliphatic carbocycles. The number of rotatable bonds is 6. The van der Waals surface area contributed by atoms with Gasteiger partial charge in [0, 0.05) is 24.2 Å². The summed E-state index contributed by atoms with van der Waals surface area (Å²) in [7, 11) is 0. The molecule has 1 atom stereocenters. The summed E-state index contributed by atoms with van der Waals surface area (Å²) in [6.45, 7) is 1.08. The zero-order chi connectivity index (χ0) is 19.3. The van der Waals surface area contributed by atoms with Crippen molar-refractivity contribution in [2.45, 2.75) is 25.3 Å². The lowest BCUT2D eigenvalue weighted by Crippen LogP contribution is -2.30. The van der Waals surface area contributed by atoms with Crippen molar-refractivity contribution in [2.24, 2.45) is 0 Å². The van der Waals surface area contributed by atoms with Gasteiger partial charge in [-0.2, -0.15) is 5.10 Å². The maximum absolute atomic E-state index is 13.6. The first-order chi connectivity index (χ1) is 13.7.